The molecule has 1 aliphatic rings. The number of aromatic nitrogens is 3. The lowest BCUT2D eigenvalue weighted by molar-refractivity contribution is 0.0292. The van der Waals surface area contributed by atoms with Gasteiger partial charge in [0.05, 0.1) is 22.6 Å². The minimum atomic E-state index is -0.520. The Hall–Kier alpha value is -3.88. The number of likely N-dealkylation sites (N-methyl/N-ethyl adjacent to an activating group) is 1. The highest BCUT2D eigenvalue weighted by Crippen LogP contribution is 2.28. The third-order valence-electron chi connectivity index (χ3n) is 6.49. The molecule has 188 valence electrons. The normalized spacial score (nSPS) is 16.2. The van der Waals surface area contributed by atoms with E-state index in [0.717, 1.165) is 28.9 Å². The number of nitrogens with zero attached hydrogens (tertiary/aromatic N) is 5. The second kappa shape index (κ2) is 8.65. The number of rotatable bonds is 3. The average Bonchev–Trinajstić information content (AvgIpc) is 3.44. The van der Waals surface area contributed by atoms with E-state index < -0.39 is 11.2 Å². The second-order valence-electron chi connectivity index (χ2n) is 10.5. The zero-order valence-electron chi connectivity index (χ0n) is 21.5. The number of benzene rings is 1. The third-order valence-corrected chi connectivity index (χ3v) is 6.49. The van der Waals surface area contributed by atoms with Crippen molar-refractivity contribution in [3.63, 3.8) is 0 Å². The van der Waals surface area contributed by atoms with E-state index in [1.807, 2.05) is 82.7 Å². The Labute approximate surface area is 209 Å². The highest BCUT2D eigenvalue weighted by molar-refractivity contribution is 5.84. The number of amides is 1. The first-order valence-corrected chi connectivity index (χ1v) is 12.1. The second-order valence-corrected chi connectivity index (χ2v) is 10.5. The lowest BCUT2D eigenvalue weighted by Crippen LogP contribution is -2.39. The molecule has 0 N–H and O–H groups in total. The minimum Gasteiger partial charge on any atom is -0.444 e. The van der Waals surface area contributed by atoms with Crippen LogP contribution in [0.15, 0.2) is 45.9 Å². The fraction of sp³-hybridized carbons (Fsp3) is 0.407. The number of aryl methyl sites for hydroxylation is 2. The largest absolute Gasteiger partial charge is 0.444 e. The molecular weight excluding hydrogens is 458 g/mol. The molecule has 1 aromatic carbocycles. The number of fused-ring (bicyclic) bond motifs is 2. The van der Waals surface area contributed by atoms with Gasteiger partial charge in [-0.25, -0.2) is 14.6 Å². The van der Waals surface area contributed by atoms with E-state index in [2.05, 4.69) is 14.9 Å². The minimum absolute atomic E-state index is 0.138. The molecule has 1 saturated heterocycles. The Kier molecular flexibility index (Phi) is 5.73. The summed E-state index contributed by atoms with van der Waals surface area (Å²) in [7, 11) is 1.99. The van der Waals surface area contributed by atoms with Gasteiger partial charge in [0.25, 0.3) is 0 Å². The van der Waals surface area contributed by atoms with Crippen molar-refractivity contribution in [2.24, 2.45) is 0 Å². The van der Waals surface area contributed by atoms with Gasteiger partial charge in [-0.15, -0.1) is 0 Å². The highest BCUT2D eigenvalue weighted by atomic mass is 16.6. The average molecular weight is 490 g/mol. The summed E-state index contributed by atoms with van der Waals surface area (Å²) in [4.78, 5) is 38.3. The summed E-state index contributed by atoms with van der Waals surface area (Å²) < 4.78 is 13.1. The molecule has 36 heavy (non-hydrogen) atoms. The summed E-state index contributed by atoms with van der Waals surface area (Å²) in [6.07, 6.45) is 4.26. The maximum atomic E-state index is 12.9. The molecule has 0 spiro atoms. The molecule has 9 heteroatoms. The molecule has 5 rings (SSSR count). The monoisotopic (exact) mass is 489 g/mol. The topological polar surface area (TPSA) is 93.2 Å². The van der Waals surface area contributed by atoms with Crippen molar-refractivity contribution in [3.8, 4) is 11.3 Å². The van der Waals surface area contributed by atoms with Gasteiger partial charge in [0, 0.05) is 55.7 Å². The quantitative estimate of drug-likeness (QED) is 0.389. The van der Waals surface area contributed by atoms with Crippen LogP contribution in [0.3, 0.4) is 0 Å². The van der Waals surface area contributed by atoms with Gasteiger partial charge in [-0.1, -0.05) is 0 Å². The number of hydrogen-bond donors (Lipinski definition) is 0. The van der Waals surface area contributed by atoms with Crippen LogP contribution in [0.5, 0.6) is 0 Å². The number of carbonyl (C=O) groups excluding carboxylic acids is 1. The van der Waals surface area contributed by atoms with Crippen LogP contribution in [0.25, 0.3) is 27.9 Å². The van der Waals surface area contributed by atoms with Crippen molar-refractivity contribution in [1.82, 2.24) is 19.3 Å². The van der Waals surface area contributed by atoms with Gasteiger partial charge in [-0.3, -0.25) is 4.98 Å². The Morgan fingerprint density at radius 2 is 1.94 bits per heavy atom. The number of carbonyl (C=O) groups is 1. The van der Waals surface area contributed by atoms with Gasteiger partial charge >= 0.3 is 11.7 Å². The van der Waals surface area contributed by atoms with Gasteiger partial charge in [-0.2, -0.15) is 0 Å². The van der Waals surface area contributed by atoms with Crippen LogP contribution in [0.2, 0.25) is 0 Å². The van der Waals surface area contributed by atoms with E-state index in [1.54, 1.807) is 4.90 Å². The first-order valence-electron chi connectivity index (χ1n) is 12.1. The fourth-order valence-electron chi connectivity index (χ4n) is 4.69. The van der Waals surface area contributed by atoms with Crippen LogP contribution in [0, 0.1) is 13.8 Å². The van der Waals surface area contributed by atoms with Crippen molar-refractivity contribution in [2.45, 2.75) is 52.7 Å². The zero-order chi connectivity index (χ0) is 25.8. The lowest BCUT2D eigenvalue weighted by Gasteiger charge is -2.28. The molecule has 0 bridgehead atoms. The van der Waals surface area contributed by atoms with Crippen LogP contribution in [0.4, 0.5) is 10.5 Å². The summed E-state index contributed by atoms with van der Waals surface area (Å²) >= 11 is 0. The summed E-state index contributed by atoms with van der Waals surface area (Å²) in [6, 6.07) is 7.78. The van der Waals surface area contributed by atoms with E-state index in [9.17, 15) is 9.59 Å². The van der Waals surface area contributed by atoms with Gasteiger partial charge in [-0.05, 0) is 59.2 Å². The number of anilines is 1. The molecule has 4 heterocycles. The SMILES string of the molecule is Cc1cn2cc(-c3cc4ccc(N(C)C5CCN(C(=O)OC(C)(C)C)C5)cc4oc3=O)nc2c(C)n1. The summed E-state index contributed by atoms with van der Waals surface area (Å²) in [5.74, 6) is 0. The van der Waals surface area contributed by atoms with Gasteiger partial charge in [0.2, 0.25) is 0 Å². The van der Waals surface area contributed by atoms with Gasteiger partial charge in [0.1, 0.15) is 11.2 Å². The van der Waals surface area contributed by atoms with Crippen LogP contribution >= 0.6 is 0 Å². The van der Waals surface area contributed by atoms with Crippen molar-refractivity contribution in [2.75, 3.05) is 25.0 Å². The first-order chi connectivity index (χ1) is 17.0. The fourth-order valence-corrected chi connectivity index (χ4v) is 4.69. The Morgan fingerprint density at radius 3 is 2.69 bits per heavy atom. The van der Waals surface area contributed by atoms with E-state index >= 15 is 0 Å². The molecule has 9 nitrogen and oxygen atoms in total. The zero-order valence-corrected chi connectivity index (χ0v) is 21.5. The summed E-state index contributed by atoms with van der Waals surface area (Å²) in [6.45, 7) is 10.6. The van der Waals surface area contributed by atoms with Crippen molar-refractivity contribution < 1.29 is 13.9 Å². The molecular formula is C27H31N5O4. The standard InChI is InChI=1S/C27H31N5O4/c1-16-13-32-15-22(29-24(32)17(2)28-16)21-11-18-7-8-19(12-23(18)35-25(21)33)30(6)20-9-10-31(14-20)26(34)36-27(3,4)5/h7-8,11-13,15,20H,9-10,14H2,1-6H3. The Balaban J connectivity index is 1.39. The van der Waals surface area contributed by atoms with E-state index in [-0.39, 0.29) is 12.1 Å². The molecule has 0 aliphatic carbocycles. The van der Waals surface area contributed by atoms with Crippen LogP contribution in [-0.2, 0) is 4.74 Å². The highest BCUT2D eigenvalue weighted by Gasteiger charge is 2.32. The predicted octanol–water partition coefficient (Wildman–Crippen LogP) is 4.57. The number of likely N-dealkylation sites (tertiary alicyclic amines) is 1. The number of imidazole rings is 1. The van der Waals surface area contributed by atoms with E-state index in [0.29, 0.717) is 35.6 Å². The van der Waals surface area contributed by atoms with E-state index in [1.165, 1.54) is 0 Å². The van der Waals surface area contributed by atoms with Crippen LogP contribution in [-0.4, -0.2) is 57.1 Å². The summed E-state index contributed by atoms with van der Waals surface area (Å²) in [5.41, 5.74) is 3.82. The lowest BCUT2D eigenvalue weighted by atomic mass is 10.1. The molecule has 1 fully saturated rings. The van der Waals surface area contributed by atoms with Crippen molar-refractivity contribution in [3.05, 3.63) is 58.5 Å². The molecule has 1 amide bonds. The Bertz CT molecular complexity index is 1530. The maximum Gasteiger partial charge on any atom is 0.410 e. The molecule has 0 saturated carbocycles. The van der Waals surface area contributed by atoms with E-state index in [4.69, 9.17) is 9.15 Å². The molecule has 1 unspecified atom stereocenters. The van der Waals surface area contributed by atoms with Crippen molar-refractivity contribution in [1.29, 1.82) is 0 Å². The smallest absolute Gasteiger partial charge is 0.410 e. The Morgan fingerprint density at radius 1 is 1.17 bits per heavy atom. The van der Waals surface area contributed by atoms with Gasteiger partial charge < -0.3 is 23.4 Å². The molecule has 1 aliphatic heterocycles. The van der Waals surface area contributed by atoms with Crippen molar-refractivity contribution >= 4 is 28.4 Å². The van der Waals surface area contributed by atoms with Crippen LogP contribution < -0.4 is 10.5 Å². The maximum absolute atomic E-state index is 12.9. The van der Waals surface area contributed by atoms with Crippen LogP contribution in [0.1, 0.15) is 38.6 Å². The molecule has 3 aromatic heterocycles. The number of hydrogen-bond acceptors (Lipinski definition) is 7. The third kappa shape index (κ3) is 4.53. The summed E-state index contributed by atoms with van der Waals surface area (Å²) in [5, 5.41) is 0.812. The number of ether oxygens (including phenoxy) is 1. The molecule has 4 aromatic rings. The first kappa shape index (κ1) is 23.8. The molecule has 0 radical (unpaired) electrons. The van der Waals surface area contributed by atoms with Gasteiger partial charge in [0.15, 0.2) is 5.65 Å². The molecule has 1 atom stereocenters. The predicted molar refractivity (Wildman–Crippen MR) is 139 cm³/mol.